The Bertz CT molecular complexity index is 177. The molecule has 4 heteroatoms. The van der Waals surface area contributed by atoms with Crippen molar-refractivity contribution in [1.29, 1.82) is 0 Å². The highest BCUT2D eigenvalue weighted by atomic mass is 32.1. The zero-order valence-corrected chi connectivity index (χ0v) is 10.9. The molecule has 1 aliphatic rings. The number of carbonyl (C=O) groups is 1. The third-order valence-corrected chi connectivity index (χ3v) is 3.68. The Balaban J connectivity index is 0.000000791. The first-order chi connectivity index (χ1) is 6.56. The van der Waals surface area contributed by atoms with E-state index in [0.29, 0.717) is 6.61 Å². The van der Waals surface area contributed by atoms with Crippen molar-refractivity contribution in [3.8, 4) is 0 Å². The molecule has 2 unspecified atom stereocenters. The molecule has 0 bridgehead atoms. The van der Waals surface area contributed by atoms with E-state index in [0.717, 1.165) is 19.4 Å². The summed E-state index contributed by atoms with van der Waals surface area (Å²) in [6.07, 6.45) is 2.00. The predicted octanol–water partition coefficient (Wildman–Crippen LogP) is 2.58. The first-order valence-corrected chi connectivity index (χ1v) is 6.01. The Morgan fingerprint density at radius 2 is 2.07 bits per heavy atom. The molecule has 1 aliphatic heterocycles. The first kappa shape index (κ1) is 14.3. The van der Waals surface area contributed by atoms with E-state index in [1.807, 2.05) is 20.8 Å². The molecular weight excluding hydrogens is 216 g/mol. The summed E-state index contributed by atoms with van der Waals surface area (Å²) in [7, 11) is 0. The van der Waals surface area contributed by atoms with E-state index in [2.05, 4.69) is 25.3 Å². The maximum Gasteiger partial charge on any atom is 0.199 e. The van der Waals surface area contributed by atoms with Gasteiger partial charge in [-0.15, -0.1) is 12.6 Å². The Hall–Kier alpha value is 0.330. The third-order valence-electron chi connectivity index (χ3n) is 2.36. The summed E-state index contributed by atoms with van der Waals surface area (Å²) in [5.74, 6) is 0. The van der Waals surface area contributed by atoms with Crippen molar-refractivity contribution in [3.63, 3.8) is 0 Å². The lowest BCUT2D eigenvalue weighted by Gasteiger charge is -2.36. The van der Waals surface area contributed by atoms with Gasteiger partial charge in [-0.3, -0.25) is 4.79 Å². The van der Waals surface area contributed by atoms with Gasteiger partial charge in [0.05, 0.1) is 11.9 Å². The maximum absolute atomic E-state index is 11.0. The van der Waals surface area contributed by atoms with Gasteiger partial charge in [0.1, 0.15) is 0 Å². The second-order valence-corrected chi connectivity index (χ2v) is 4.51. The quantitative estimate of drug-likeness (QED) is 0.721. The van der Waals surface area contributed by atoms with Gasteiger partial charge in [-0.1, -0.05) is 20.8 Å². The lowest BCUT2D eigenvalue weighted by Crippen LogP contribution is -2.39. The number of ether oxygens (including phenoxy) is 1. The van der Waals surface area contributed by atoms with Crippen LogP contribution in [0.5, 0.6) is 0 Å². The van der Waals surface area contributed by atoms with E-state index >= 15 is 0 Å². The van der Waals surface area contributed by atoms with E-state index in [4.69, 9.17) is 4.74 Å². The van der Waals surface area contributed by atoms with Crippen LogP contribution >= 0.6 is 25.3 Å². The Morgan fingerprint density at radius 3 is 2.43 bits per heavy atom. The number of rotatable bonds is 2. The molecule has 0 saturated carbocycles. The molecule has 0 aromatic heterocycles. The normalized spacial score (nSPS) is 28.6. The van der Waals surface area contributed by atoms with Gasteiger partial charge in [0, 0.05) is 12.0 Å². The van der Waals surface area contributed by atoms with Crippen LogP contribution in [0, 0.1) is 5.41 Å². The van der Waals surface area contributed by atoms with E-state index in [1.165, 1.54) is 0 Å². The number of carbonyl (C=O) groups excluding carboxylic acids is 1. The zero-order valence-electron chi connectivity index (χ0n) is 9.12. The summed E-state index contributed by atoms with van der Waals surface area (Å²) in [5, 5.41) is -0.465. The van der Waals surface area contributed by atoms with Crippen LogP contribution in [0.1, 0.15) is 33.6 Å². The SMILES string of the molecule is CC.CC1(C(S)C(=O)S)CCCOC1. The largest absolute Gasteiger partial charge is 0.381 e. The van der Waals surface area contributed by atoms with Gasteiger partial charge in [0.25, 0.3) is 0 Å². The number of hydrogen-bond acceptors (Lipinski definition) is 3. The molecule has 0 spiro atoms. The van der Waals surface area contributed by atoms with Crippen LogP contribution in [0.15, 0.2) is 0 Å². The molecule has 0 aromatic carbocycles. The highest BCUT2D eigenvalue weighted by Crippen LogP contribution is 2.35. The van der Waals surface area contributed by atoms with Gasteiger partial charge in [0.15, 0.2) is 5.12 Å². The maximum atomic E-state index is 11.0. The molecule has 14 heavy (non-hydrogen) atoms. The van der Waals surface area contributed by atoms with Gasteiger partial charge in [0.2, 0.25) is 0 Å². The molecule has 1 heterocycles. The standard InChI is InChI=1S/C8H14O2S2.C2H6/c1-8(6(11)7(9)12)3-2-4-10-5-8;1-2/h6,11H,2-5H2,1H3,(H,9,12);1-2H3. The lowest BCUT2D eigenvalue weighted by molar-refractivity contribution is -0.114. The fraction of sp³-hybridized carbons (Fsp3) is 0.900. The van der Waals surface area contributed by atoms with Crippen molar-refractivity contribution < 1.29 is 9.53 Å². The van der Waals surface area contributed by atoms with Crippen LogP contribution in [-0.2, 0) is 9.53 Å². The summed E-state index contributed by atoms with van der Waals surface area (Å²) in [6.45, 7) is 7.45. The first-order valence-electron chi connectivity index (χ1n) is 5.05. The van der Waals surface area contributed by atoms with E-state index < -0.39 is 0 Å². The summed E-state index contributed by atoms with van der Waals surface area (Å²) in [5.41, 5.74) is -0.125. The fourth-order valence-corrected chi connectivity index (χ4v) is 1.98. The van der Waals surface area contributed by atoms with Crippen molar-refractivity contribution in [1.82, 2.24) is 0 Å². The van der Waals surface area contributed by atoms with Crippen LogP contribution in [0.25, 0.3) is 0 Å². The monoisotopic (exact) mass is 236 g/mol. The lowest BCUT2D eigenvalue weighted by atomic mass is 9.81. The molecule has 2 nitrogen and oxygen atoms in total. The van der Waals surface area contributed by atoms with E-state index in [9.17, 15) is 4.79 Å². The molecule has 0 N–H and O–H groups in total. The van der Waals surface area contributed by atoms with Gasteiger partial charge in [-0.2, -0.15) is 12.6 Å². The smallest absolute Gasteiger partial charge is 0.199 e. The summed E-state index contributed by atoms with van der Waals surface area (Å²) in [4.78, 5) is 11.0. The molecular formula is C10H20O2S2. The minimum absolute atomic E-state index is 0.125. The second-order valence-electron chi connectivity index (χ2n) is 3.55. The van der Waals surface area contributed by atoms with Crippen LogP contribution in [-0.4, -0.2) is 23.6 Å². The average Bonchev–Trinajstić information content (AvgIpc) is 2.21. The van der Waals surface area contributed by atoms with E-state index in [1.54, 1.807) is 0 Å². The topological polar surface area (TPSA) is 26.3 Å². The molecule has 0 radical (unpaired) electrons. The highest BCUT2D eigenvalue weighted by Gasteiger charge is 2.37. The van der Waals surface area contributed by atoms with Crippen LogP contribution in [0.2, 0.25) is 0 Å². The summed E-state index contributed by atoms with van der Waals surface area (Å²) in [6, 6.07) is 0. The predicted molar refractivity (Wildman–Crippen MR) is 66.3 cm³/mol. The molecule has 2 atom stereocenters. The molecule has 0 aliphatic carbocycles. The minimum Gasteiger partial charge on any atom is -0.381 e. The Morgan fingerprint density at radius 1 is 1.50 bits per heavy atom. The Kier molecular flexibility index (Phi) is 6.91. The molecule has 1 fully saturated rings. The Labute approximate surface area is 97.6 Å². The number of hydrogen-bond donors (Lipinski definition) is 2. The third kappa shape index (κ3) is 3.83. The number of thiol groups is 2. The van der Waals surface area contributed by atoms with E-state index in [-0.39, 0.29) is 15.8 Å². The van der Waals surface area contributed by atoms with Gasteiger partial charge >= 0.3 is 0 Å². The van der Waals surface area contributed by atoms with Crippen molar-refractivity contribution in [2.75, 3.05) is 13.2 Å². The molecule has 0 amide bonds. The van der Waals surface area contributed by atoms with Gasteiger partial charge in [-0.05, 0) is 12.8 Å². The molecule has 84 valence electrons. The van der Waals surface area contributed by atoms with Crippen LogP contribution in [0.3, 0.4) is 0 Å². The molecule has 1 saturated heterocycles. The highest BCUT2D eigenvalue weighted by molar-refractivity contribution is 7.99. The minimum atomic E-state index is -0.305. The second kappa shape index (κ2) is 6.75. The van der Waals surface area contributed by atoms with Crippen LogP contribution in [0.4, 0.5) is 0 Å². The summed E-state index contributed by atoms with van der Waals surface area (Å²) < 4.78 is 5.32. The fourth-order valence-electron chi connectivity index (χ4n) is 1.47. The molecule has 1 rings (SSSR count). The van der Waals surface area contributed by atoms with Crippen molar-refractivity contribution >= 4 is 30.4 Å². The zero-order chi connectivity index (χ0) is 11.2. The van der Waals surface area contributed by atoms with Crippen molar-refractivity contribution in [2.45, 2.75) is 38.9 Å². The average molecular weight is 236 g/mol. The molecule has 0 aromatic rings. The van der Waals surface area contributed by atoms with Crippen LogP contribution < -0.4 is 0 Å². The summed E-state index contributed by atoms with van der Waals surface area (Å²) >= 11 is 8.03. The van der Waals surface area contributed by atoms with Crippen molar-refractivity contribution in [3.05, 3.63) is 0 Å². The van der Waals surface area contributed by atoms with Gasteiger partial charge < -0.3 is 4.74 Å². The van der Waals surface area contributed by atoms with Gasteiger partial charge in [-0.25, -0.2) is 0 Å². The van der Waals surface area contributed by atoms with Crippen molar-refractivity contribution in [2.24, 2.45) is 5.41 Å².